The molecule has 1 aromatic carbocycles. The van der Waals surface area contributed by atoms with Gasteiger partial charge in [-0.15, -0.1) is 11.6 Å². The molecule has 1 saturated heterocycles. The molecule has 0 radical (unpaired) electrons. The molecule has 1 aromatic rings. The van der Waals surface area contributed by atoms with Gasteiger partial charge in [0.15, 0.2) is 0 Å². The summed E-state index contributed by atoms with van der Waals surface area (Å²) in [6.07, 6.45) is 0. The number of morpholine rings is 1. The van der Waals surface area contributed by atoms with Crippen molar-refractivity contribution in [3.05, 3.63) is 29.3 Å². The van der Waals surface area contributed by atoms with Crippen LogP contribution in [0, 0.1) is 11.6 Å². The highest BCUT2D eigenvalue weighted by Gasteiger charge is 2.25. The Morgan fingerprint density at radius 3 is 2.59 bits per heavy atom. The molecule has 0 N–H and O–H groups in total. The predicted octanol–water partition coefficient (Wildman–Crippen LogP) is 2.93. The molecule has 0 aliphatic carbocycles. The fourth-order valence-corrected chi connectivity index (χ4v) is 2.18. The minimum absolute atomic E-state index is 0.0228. The summed E-state index contributed by atoms with van der Waals surface area (Å²) in [7, 11) is 0. The second-order valence-electron chi connectivity index (χ2n) is 4.16. The molecule has 1 aliphatic rings. The highest BCUT2D eigenvalue weighted by atomic mass is 35.5. The summed E-state index contributed by atoms with van der Waals surface area (Å²) in [5, 5.41) is 0. The lowest BCUT2D eigenvalue weighted by Gasteiger charge is -2.35. The Bertz CT molecular complexity index is 390. The van der Waals surface area contributed by atoms with Crippen molar-refractivity contribution in [2.75, 3.05) is 24.7 Å². The number of rotatable bonds is 2. The normalized spacial score (nSPS) is 20.7. The van der Waals surface area contributed by atoms with Crippen molar-refractivity contribution in [3.8, 4) is 0 Å². The van der Waals surface area contributed by atoms with E-state index in [0.717, 1.165) is 0 Å². The molecule has 0 amide bonds. The van der Waals surface area contributed by atoms with Gasteiger partial charge in [-0.05, 0) is 24.6 Å². The van der Waals surface area contributed by atoms with E-state index in [4.69, 9.17) is 16.3 Å². The molecule has 1 fully saturated rings. The van der Waals surface area contributed by atoms with Crippen LogP contribution in [-0.4, -0.2) is 25.8 Å². The van der Waals surface area contributed by atoms with Crippen LogP contribution in [0.2, 0.25) is 0 Å². The van der Waals surface area contributed by atoms with Gasteiger partial charge in [-0.2, -0.15) is 0 Å². The number of hydrogen-bond donors (Lipinski definition) is 0. The Hall–Kier alpha value is -0.870. The molecule has 94 valence electrons. The quantitative estimate of drug-likeness (QED) is 0.759. The number of halogens is 3. The van der Waals surface area contributed by atoms with Gasteiger partial charge in [0.05, 0.1) is 13.2 Å². The Labute approximate surface area is 104 Å². The van der Waals surface area contributed by atoms with E-state index in [2.05, 4.69) is 0 Å². The average Bonchev–Trinajstić information content (AvgIpc) is 2.30. The first-order chi connectivity index (χ1) is 8.13. The predicted molar refractivity (Wildman–Crippen MR) is 63.5 cm³/mol. The molecule has 1 aliphatic heterocycles. The summed E-state index contributed by atoms with van der Waals surface area (Å²) >= 11 is 5.57. The van der Waals surface area contributed by atoms with E-state index in [0.29, 0.717) is 25.3 Å². The summed E-state index contributed by atoms with van der Waals surface area (Å²) < 4.78 is 33.0. The molecule has 1 heterocycles. The highest BCUT2D eigenvalue weighted by molar-refractivity contribution is 6.17. The summed E-state index contributed by atoms with van der Waals surface area (Å²) in [5.74, 6) is -1.02. The van der Waals surface area contributed by atoms with Crippen LogP contribution >= 0.6 is 11.6 Å². The highest BCUT2D eigenvalue weighted by Crippen LogP contribution is 2.28. The second-order valence-corrected chi connectivity index (χ2v) is 4.43. The SMILES string of the molecule is CC1COCCN1c1c(F)cc(CCl)cc1F. The van der Waals surface area contributed by atoms with Gasteiger partial charge in [0.1, 0.15) is 17.3 Å². The van der Waals surface area contributed by atoms with Gasteiger partial charge in [-0.3, -0.25) is 0 Å². The zero-order chi connectivity index (χ0) is 12.4. The Balaban J connectivity index is 2.37. The minimum atomic E-state index is -0.561. The topological polar surface area (TPSA) is 12.5 Å². The molecule has 2 rings (SSSR count). The summed E-state index contributed by atoms with van der Waals surface area (Å²) in [6.45, 7) is 3.35. The zero-order valence-corrected chi connectivity index (χ0v) is 10.3. The van der Waals surface area contributed by atoms with Crippen molar-refractivity contribution in [2.45, 2.75) is 18.8 Å². The summed E-state index contributed by atoms with van der Waals surface area (Å²) in [5.41, 5.74) is 0.473. The molecule has 5 heteroatoms. The first-order valence-corrected chi connectivity index (χ1v) is 6.05. The first-order valence-electron chi connectivity index (χ1n) is 5.51. The summed E-state index contributed by atoms with van der Waals surface area (Å²) in [6, 6.07) is 2.54. The zero-order valence-electron chi connectivity index (χ0n) is 9.55. The van der Waals surface area contributed by atoms with E-state index >= 15 is 0 Å². The summed E-state index contributed by atoms with van der Waals surface area (Å²) in [4.78, 5) is 1.70. The van der Waals surface area contributed by atoms with Crippen LogP contribution in [0.25, 0.3) is 0 Å². The van der Waals surface area contributed by atoms with E-state index in [9.17, 15) is 8.78 Å². The fourth-order valence-electron chi connectivity index (χ4n) is 2.03. The number of nitrogens with zero attached hydrogens (tertiary/aromatic N) is 1. The van der Waals surface area contributed by atoms with Gasteiger partial charge in [0, 0.05) is 18.5 Å². The van der Waals surface area contributed by atoms with Crippen LogP contribution in [0.5, 0.6) is 0 Å². The van der Waals surface area contributed by atoms with Crippen LogP contribution < -0.4 is 4.90 Å². The second kappa shape index (κ2) is 5.19. The Kier molecular flexibility index (Phi) is 3.84. The van der Waals surface area contributed by atoms with Crippen molar-refractivity contribution in [1.82, 2.24) is 0 Å². The number of benzene rings is 1. The minimum Gasteiger partial charge on any atom is -0.377 e. The Morgan fingerprint density at radius 2 is 2.06 bits per heavy atom. The molecule has 1 unspecified atom stereocenters. The third kappa shape index (κ3) is 2.53. The lowest BCUT2D eigenvalue weighted by molar-refractivity contribution is 0.0982. The van der Waals surface area contributed by atoms with Crippen molar-refractivity contribution in [1.29, 1.82) is 0 Å². The molecule has 0 saturated carbocycles. The molecule has 0 aromatic heterocycles. The van der Waals surface area contributed by atoms with Crippen LogP contribution in [0.1, 0.15) is 12.5 Å². The maximum absolute atomic E-state index is 13.9. The van der Waals surface area contributed by atoms with Crippen molar-refractivity contribution in [2.24, 2.45) is 0 Å². The van der Waals surface area contributed by atoms with Crippen molar-refractivity contribution in [3.63, 3.8) is 0 Å². The molecular weight excluding hydrogens is 248 g/mol. The Morgan fingerprint density at radius 1 is 1.41 bits per heavy atom. The molecular formula is C12H14ClF2NO. The van der Waals surface area contributed by atoms with Gasteiger partial charge in [0.2, 0.25) is 0 Å². The van der Waals surface area contributed by atoms with Gasteiger partial charge in [-0.25, -0.2) is 8.78 Å². The number of ether oxygens (including phenoxy) is 1. The molecule has 0 spiro atoms. The number of hydrogen-bond acceptors (Lipinski definition) is 2. The van der Waals surface area contributed by atoms with E-state index < -0.39 is 11.6 Å². The number of anilines is 1. The maximum Gasteiger partial charge on any atom is 0.149 e. The first kappa shape index (κ1) is 12.6. The number of alkyl halides is 1. The lowest BCUT2D eigenvalue weighted by atomic mass is 10.1. The van der Waals surface area contributed by atoms with Crippen molar-refractivity contribution >= 4 is 17.3 Å². The van der Waals surface area contributed by atoms with Gasteiger partial charge in [0.25, 0.3) is 0 Å². The van der Waals surface area contributed by atoms with Gasteiger partial charge >= 0.3 is 0 Å². The van der Waals surface area contributed by atoms with Crippen LogP contribution in [-0.2, 0) is 10.6 Å². The van der Waals surface area contributed by atoms with E-state index in [1.165, 1.54) is 12.1 Å². The van der Waals surface area contributed by atoms with Crippen LogP contribution in [0.15, 0.2) is 12.1 Å². The third-order valence-electron chi connectivity index (χ3n) is 2.89. The largest absolute Gasteiger partial charge is 0.377 e. The fraction of sp³-hybridized carbons (Fsp3) is 0.500. The monoisotopic (exact) mass is 261 g/mol. The lowest BCUT2D eigenvalue weighted by Crippen LogP contribution is -2.44. The molecule has 1 atom stereocenters. The van der Waals surface area contributed by atoms with E-state index in [1.54, 1.807) is 4.90 Å². The van der Waals surface area contributed by atoms with Crippen LogP contribution in [0.3, 0.4) is 0 Å². The van der Waals surface area contributed by atoms with Gasteiger partial charge in [-0.1, -0.05) is 0 Å². The third-order valence-corrected chi connectivity index (χ3v) is 3.19. The standard InChI is InChI=1S/C12H14ClF2NO/c1-8-7-17-3-2-16(8)12-10(14)4-9(6-13)5-11(12)15/h4-5,8H,2-3,6-7H2,1H3. The van der Waals surface area contributed by atoms with Crippen LogP contribution in [0.4, 0.5) is 14.5 Å². The average molecular weight is 262 g/mol. The molecule has 0 bridgehead atoms. The van der Waals surface area contributed by atoms with Crippen molar-refractivity contribution < 1.29 is 13.5 Å². The maximum atomic E-state index is 13.9. The van der Waals surface area contributed by atoms with Gasteiger partial charge < -0.3 is 9.64 Å². The van der Waals surface area contributed by atoms with E-state index in [-0.39, 0.29) is 17.6 Å². The molecule has 17 heavy (non-hydrogen) atoms. The smallest absolute Gasteiger partial charge is 0.149 e. The van der Waals surface area contributed by atoms with E-state index in [1.807, 2.05) is 6.92 Å². The molecule has 2 nitrogen and oxygen atoms in total.